The van der Waals surface area contributed by atoms with E-state index in [2.05, 4.69) is 4.52 Å². The molecule has 0 bridgehead atoms. The van der Waals surface area contributed by atoms with E-state index in [1.165, 1.54) is 18.5 Å². The van der Waals surface area contributed by atoms with Gasteiger partial charge in [0.1, 0.15) is 0 Å². The molecular weight excluding hydrogens is 131 g/mol. The molecule has 1 atom stereocenters. The zero-order valence-corrected chi connectivity index (χ0v) is 6.38. The Hall–Kier alpha value is 0.540. The van der Waals surface area contributed by atoms with E-state index in [0.717, 1.165) is 0 Å². The highest BCUT2D eigenvalue weighted by atomic mass is 32.7. The topological polar surface area (TPSA) is 26.3 Å². The van der Waals surface area contributed by atoms with Crippen LogP contribution in [0.3, 0.4) is 0 Å². The van der Waals surface area contributed by atoms with E-state index >= 15 is 0 Å². The summed E-state index contributed by atoms with van der Waals surface area (Å²) in [6, 6.07) is 0. The Morgan fingerprint density at radius 3 is 2.14 bits per heavy atom. The predicted molar refractivity (Wildman–Crippen MR) is 34.1 cm³/mol. The van der Waals surface area contributed by atoms with Gasteiger partial charge in [-0.15, -0.1) is 0 Å². The Balaban J connectivity index is 3.61. The molecule has 2 nitrogen and oxygen atoms in total. The average Bonchev–Trinajstić information content (AvgIpc) is 1.68. The quantitative estimate of drug-likeness (QED) is 0.547. The monoisotopic (exact) mass is 140 g/mol. The molecule has 0 fully saturated rings. The second-order valence-electron chi connectivity index (χ2n) is 1.14. The van der Waals surface area contributed by atoms with Crippen LogP contribution in [0.15, 0.2) is 0 Å². The third kappa shape index (κ3) is 3.15. The highest BCUT2D eigenvalue weighted by Crippen LogP contribution is 2.53. The van der Waals surface area contributed by atoms with Crippen molar-refractivity contribution in [3.63, 3.8) is 0 Å². The highest BCUT2D eigenvalue weighted by molar-refractivity contribution is 8.56. The third-order valence-electron chi connectivity index (χ3n) is 0.663. The van der Waals surface area contributed by atoms with Crippen LogP contribution in [0.2, 0.25) is 0 Å². The Morgan fingerprint density at radius 1 is 1.71 bits per heavy atom. The van der Waals surface area contributed by atoms with E-state index in [0.29, 0.717) is 0 Å². The lowest BCUT2D eigenvalue weighted by molar-refractivity contribution is 0.414. The van der Waals surface area contributed by atoms with Gasteiger partial charge in [-0.25, -0.2) is 0 Å². The molecular formula is C3H9O2PS. The molecule has 0 heterocycles. The summed E-state index contributed by atoms with van der Waals surface area (Å²) in [5, 5.41) is 0. The van der Waals surface area contributed by atoms with Crippen molar-refractivity contribution < 1.29 is 9.09 Å². The molecule has 0 rings (SSSR count). The summed E-state index contributed by atoms with van der Waals surface area (Å²) in [5.74, 6) is 0. The first-order valence-corrected chi connectivity index (χ1v) is 5.71. The van der Waals surface area contributed by atoms with Crippen LogP contribution in [0.5, 0.6) is 0 Å². The van der Waals surface area contributed by atoms with Crippen LogP contribution in [0.1, 0.15) is 0 Å². The zero-order valence-electron chi connectivity index (χ0n) is 4.67. The van der Waals surface area contributed by atoms with Crippen molar-refractivity contribution in [2.75, 3.05) is 20.0 Å². The van der Waals surface area contributed by atoms with Gasteiger partial charge in [0, 0.05) is 13.8 Å². The molecule has 0 saturated carbocycles. The molecule has 0 aliphatic rings. The van der Waals surface area contributed by atoms with Crippen molar-refractivity contribution in [1.29, 1.82) is 0 Å². The van der Waals surface area contributed by atoms with E-state index < -0.39 is 6.57 Å². The Kier molecular flexibility index (Phi) is 2.96. The van der Waals surface area contributed by atoms with E-state index in [9.17, 15) is 4.57 Å². The summed E-state index contributed by atoms with van der Waals surface area (Å²) >= 11 is 1.26. The van der Waals surface area contributed by atoms with Gasteiger partial charge in [0.05, 0.1) is 0 Å². The molecule has 0 aromatic carbocycles. The molecule has 0 aromatic rings. The molecule has 0 unspecified atom stereocenters. The Bertz CT molecular complexity index is 84.9. The van der Waals surface area contributed by atoms with Crippen LogP contribution in [-0.4, -0.2) is 20.0 Å². The summed E-state index contributed by atoms with van der Waals surface area (Å²) in [7, 11) is 1.46. The van der Waals surface area contributed by atoms with E-state index in [1.807, 2.05) is 0 Å². The molecule has 0 amide bonds. The predicted octanol–water partition coefficient (Wildman–Crippen LogP) is 1.82. The molecule has 4 heteroatoms. The zero-order chi connectivity index (χ0) is 5.91. The lowest BCUT2D eigenvalue weighted by Crippen LogP contribution is -1.71. The first-order valence-electron chi connectivity index (χ1n) is 1.81. The van der Waals surface area contributed by atoms with Crippen LogP contribution in [0.25, 0.3) is 0 Å². The molecule has 44 valence electrons. The largest absolute Gasteiger partial charge is 0.325 e. The highest BCUT2D eigenvalue weighted by Gasteiger charge is 2.08. The van der Waals surface area contributed by atoms with Crippen LogP contribution < -0.4 is 0 Å². The van der Waals surface area contributed by atoms with Gasteiger partial charge in [-0.05, 0) is 6.26 Å². The first kappa shape index (κ1) is 7.54. The van der Waals surface area contributed by atoms with E-state index in [1.54, 1.807) is 12.9 Å². The van der Waals surface area contributed by atoms with Crippen molar-refractivity contribution in [2.45, 2.75) is 0 Å². The molecule has 0 aliphatic heterocycles. The van der Waals surface area contributed by atoms with Gasteiger partial charge in [0.15, 0.2) is 0 Å². The normalized spacial score (nSPS) is 18.7. The number of rotatable bonds is 2. The molecule has 0 aromatic heterocycles. The molecule has 7 heavy (non-hydrogen) atoms. The van der Waals surface area contributed by atoms with Crippen molar-refractivity contribution in [3.05, 3.63) is 0 Å². The minimum Gasteiger partial charge on any atom is -0.325 e. The number of hydrogen-bond acceptors (Lipinski definition) is 3. The van der Waals surface area contributed by atoms with Gasteiger partial charge in [-0.2, -0.15) is 0 Å². The van der Waals surface area contributed by atoms with E-state index in [-0.39, 0.29) is 0 Å². The van der Waals surface area contributed by atoms with Crippen LogP contribution in [0, 0.1) is 0 Å². The minimum absolute atomic E-state index is 1.26. The lowest BCUT2D eigenvalue weighted by Gasteiger charge is -2.03. The van der Waals surface area contributed by atoms with Gasteiger partial charge < -0.3 is 4.52 Å². The lowest BCUT2D eigenvalue weighted by atomic mass is 11.8. The van der Waals surface area contributed by atoms with Crippen molar-refractivity contribution in [1.82, 2.24) is 0 Å². The Morgan fingerprint density at radius 2 is 2.14 bits per heavy atom. The molecule has 0 N–H and O–H groups in total. The van der Waals surface area contributed by atoms with E-state index in [4.69, 9.17) is 0 Å². The van der Waals surface area contributed by atoms with Crippen molar-refractivity contribution in [3.8, 4) is 0 Å². The molecule has 0 aliphatic carbocycles. The maximum atomic E-state index is 10.7. The molecule has 0 radical (unpaired) electrons. The first-order chi connectivity index (χ1) is 3.12. The maximum Gasteiger partial charge on any atom is 0.254 e. The summed E-state index contributed by atoms with van der Waals surface area (Å²) in [5.41, 5.74) is 0. The summed E-state index contributed by atoms with van der Waals surface area (Å²) in [6.07, 6.45) is 1.77. The summed E-state index contributed by atoms with van der Waals surface area (Å²) < 4.78 is 15.3. The van der Waals surface area contributed by atoms with Gasteiger partial charge in [0.2, 0.25) is 0 Å². The van der Waals surface area contributed by atoms with Crippen molar-refractivity contribution in [2.24, 2.45) is 0 Å². The summed E-state index contributed by atoms with van der Waals surface area (Å²) in [4.78, 5) is 0. The number of hydrogen-bond donors (Lipinski definition) is 0. The fourth-order valence-electron chi connectivity index (χ4n) is 0.0745. The van der Waals surface area contributed by atoms with Crippen LogP contribution >= 0.6 is 18.0 Å². The van der Waals surface area contributed by atoms with Gasteiger partial charge in [0.25, 0.3) is 6.57 Å². The smallest absolute Gasteiger partial charge is 0.254 e. The average molecular weight is 140 g/mol. The maximum absolute atomic E-state index is 10.7. The third-order valence-corrected chi connectivity index (χ3v) is 4.43. The van der Waals surface area contributed by atoms with Crippen LogP contribution in [0.4, 0.5) is 0 Å². The van der Waals surface area contributed by atoms with Gasteiger partial charge in [-0.3, -0.25) is 4.57 Å². The standard InChI is InChI=1S/C3H9O2PS/c1-5-6(2,4)7-3/h1-3H3/t6-/m0/s1. The fourth-order valence-corrected chi connectivity index (χ4v) is 0.671. The minimum atomic E-state index is -2.24. The second kappa shape index (κ2) is 2.75. The molecule has 0 spiro atoms. The van der Waals surface area contributed by atoms with Gasteiger partial charge >= 0.3 is 0 Å². The Labute approximate surface area is 47.8 Å². The van der Waals surface area contributed by atoms with Crippen LogP contribution in [-0.2, 0) is 9.09 Å². The van der Waals surface area contributed by atoms with Crippen molar-refractivity contribution >= 4 is 18.0 Å². The molecule has 0 saturated heterocycles. The fraction of sp³-hybridized carbons (Fsp3) is 1.00. The summed E-state index contributed by atoms with van der Waals surface area (Å²) in [6.45, 7) is -0.643. The van der Waals surface area contributed by atoms with Gasteiger partial charge in [-0.1, -0.05) is 11.4 Å². The SMILES string of the molecule is CO[P@](C)(=O)SC. The second-order valence-corrected chi connectivity index (χ2v) is 6.49.